The van der Waals surface area contributed by atoms with Gasteiger partial charge in [0, 0.05) is 36.2 Å². The summed E-state index contributed by atoms with van der Waals surface area (Å²) in [7, 11) is 1.63. The molecule has 31 heavy (non-hydrogen) atoms. The number of halogens is 2. The molecule has 5 rings (SSSR count). The molecular formula is C23H19F2N3O3. The van der Waals surface area contributed by atoms with Crippen LogP contribution in [0.15, 0.2) is 47.5 Å². The monoisotopic (exact) mass is 423 g/mol. The predicted octanol–water partition coefficient (Wildman–Crippen LogP) is 3.71. The van der Waals surface area contributed by atoms with Crippen LogP contribution in [0.3, 0.4) is 0 Å². The molecule has 0 aliphatic carbocycles. The summed E-state index contributed by atoms with van der Waals surface area (Å²) in [5, 5.41) is 0.316. The molecule has 0 bridgehead atoms. The van der Waals surface area contributed by atoms with Crippen LogP contribution in [0.1, 0.15) is 33.2 Å². The summed E-state index contributed by atoms with van der Waals surface area (Å²) in [6.45, 7) is 2.26. The van der Waals surface area contributed by atoms with E-state index >= 15 is 0 Å². The fourth-order valence-electron chi connectivity index (χ4n) is 4.27. The quantitative estimate of drug-likeness (QED) is 0.535. The number of amides is 1. The zero-order valence-corrected chi connectivity index (χ0v) is 16.9. The Morgan fingerprint density at radius 1 is 1.16 bits per heavy atom. The van der Waals surface area contributed by atoms with E-state index < -0.39 is 23.2 Å². The smallest absolute Gasteiger partial charge is 0.256 e. The van der Waals surface area contributed by atoms with Gasteiger partial charge in [0.1, 0.15) is 0 Å². The second kappa shape index (κ2) is 7.02. The maximum atomic E-state index is 14.1. The number of likely N-dealkylation sites (N-methyl/N-ethyl adjacent to an activating group) is 1. The minimum Gasteiger partial charge on any atom is -0.373 e. The number of fused-ring (bicyclic) bond motifs is 4. The maximum Gasteiger partial charge on any atom is 0.256 e. The van der Waals surface area contributed by atoms with Gasteiger partial charge in [0.25, 0.3) is 11.5 Å². The summed E-state index contributed by atoms with van der Waals surface area (Å²) in [4.78, 5) is 29.9. The zero-order chi connectivity index (χ0) is 21.9. The number of nitrogens with zero attached hydrogens (tertiary/aromatic N) is 2. The van der Waals surface area contributed by atoms with Crippen LogP contribution in [-0.4, -0.2) is 33.8 Å². The molecule has 1 aliphatic heterocycles. The highest BCUT2D eigenvalue weighted by atomic mass is 19.2. The van der Waals surface area contributed by atoms with Crippen molar-refractivity contribution in [3.05, 3.63) is 87.1 Å². The van der Waals surface area contributed by atoms with Crippen LogP contribution in [0.2, 0.25) is 0 Å². The van der Waals surface area contributed by atoms with E-state index in [9.17, 15) is 18.4 Å². The first-order valence-corrected chi connectivity index (χ1v) is 9.80. The van der Waals surface area contributed by atoms with Gasteiger partial charge in [-0.1, -0.05) is 0 Å². The summed E-state index contributed by atoms with van der Waals surface area (Å²) in [6, 6.07) is 6.95. The first kappa shape index (κ1) is 19.4. The molecule has 6 nitrogen and oxygen atoms in total. The molecule has 4 aromatic rings. The lowest BCUT2D eigenvalue weighted by atomic mass is 9.95. The van der Waals surface area contributed by atoms with Crippen molar-refractivity contribution in [2.75, 3.05) is 13.7 Å². The number of carbonyl (C=O) groups excluding carboxylic acids is 1. The average molecular weight is 423 g/mol. The molecule has 3 aromatic heterocycles. The molecule has 1 aliphatic rings. The largest absolute Gasteiger partial charge is 0.373 e. The van der Waals surface area contributed by atoms with Crippen LogP contribution in [0.5, 0.6) is 0 Å². The van der Waals surface area contributed by atoms with Crippen molar-refractivity contribution in [2.24, 2.45) is 0 Å². The Hall–Kier alpha value is -3.52. The van der Waals surface area contributed by atoms with Gasteiger partial charge in [-0.05, 0) is 48.2 Å². The molecule has 158 valence electrons. The third-order valence-corrected chi connectivity index (χ3v) is 5.80. The highest BCUT2D eigenvalue weighted by Gasteiger charge is 2.31. The Balaban J connectivity index is 1.61. The normalized spacial score (nSPS) is 15.9. The first-order valence-electron chi connectivity index (χ1n) is 9.80. The number of rotatable bonds is 2. The third kappa shape index (κ3) is 3.11. The number of aryl methyl sites for hydroxylation is 1. The van der Waals surface area contributed by atoms with Gasteiger partial charge >= 0.3 is 0 Å². The SMILES string of the molecule is Cc1cc2ccc(C(=O)N(C)[C@H]3COCc4[nH]c(=O)c5cc(F)c(F)cc5c43)cn2c1. The van der Waals surface area contributed by atoms with Gasteiger partial charge < -0.3 is 19.0 Å². The van der Waals surface area contributed by atoms with E-state index in [4.69, 9.17) is 4.74 Å². The first-order chi connectivity index (χ1) is 14.8. The Morgan fingerprint density at radius 3 is 2.68 bits per heavy atom. The number of aromatic nitrogens is 2. The molecule has 0 fully saturated rings. The van der Waals surface area contributed by atoms with E-state index in [0.717, 1.165) is 23.2 Å². The fourth-order valence-corrected chi connectivity index (χ4v) is 4.27. The number of carbonyl (C=O) groups is 1. The number of aromatic amines is 1. The molecule has 1 atom stereocenters. The van der Waals surface area contributed by atoms with E-state index in [0.29, 0.717) is 16.8 Å². The second-order valence-corrected chi connectivity index (χ2v) is 7.87. The summed E-state index contributed by atoms with van der Waals surface area (Å²) < 4.78 is 35.3. The Morgan fingerprint density at radius 2 is 1.90 bits per heavy atom. The molecule has 1 aromatic carbocycles. The van der Waals surface area contributed by atoms with Gasteiger partial charge in [-0.25, -0.2) is 8.78 Å². The van der Waals surface area contributed by atoms with Crippen molar-refractivity contribution in [3.8, 4) is 0 Å². The number of ether oxygens (including phenoxy) is 1. The lowest BCUT2D eigenvalue weighted by Gasteiger charge is -2.34. The summed E-state index contributed by atoms with van der Waals surface area (Å²) in [6.07, 6.45) is 3.69. The standard InChI is InChI=1S/C23H19F2N3O3/c1-12-5-14-4-3-13(9-28(14)8-12)23(30)27(2)20-11-31-10-19-21(20)15-6-17(24)18(25)7-16(15)22(29)26-19/h3-9,20H,10-11H2,1-2H3,(H,26,29)/t20-/m0/s1. The number of nitrogens with one attached hydrogen (secondary N) is 1. The molecule has 8 heteroatoms. The van der Waals surface area contributed by atoms with Crippen molar-refractivity contribution in [2.45, 2.75) is 19.6 Å². The molecular weight excluding hydrogens is 404 g/mol. The molecule has 0 radical (unpaired) electrons. The van der Waals surface area contributed by atoms with Gasteiger partial charge in [-0.2, -0.15) is 0 Å². The van der Waals surface area contributed by atoms with E-state index in [1.807, 2.05) is 29.7 Å². The van der Waals surface area contributed by atoms with Crippen LogP contribution in [-0.2, 0) is 11.3 Å². The predicted molar refractivity (Wildman–Crippen MR) is 111 cm³/mol. The van der Waals surface area contributed by atoms with Crippen LogP contribution in [0, 0.1) is 18.6 Å². The number of hydrogen-bond donors (Lipinski definition) is 1. The molecule has 1 N–H and O–H groups in total. The van der Waals surface area contributed by atoms with Crippen molar-refractivity contribution in [3.63, 3.8) is 0 Å². The topological polar surface area (TPSA) is 66.8 Å². The Bertz CT molecular complexity index is 1420. The summed E-state index contributed by atoms with van der Waals surface area (Å²) in [5.41, 5.74) is 3.02. The number of hydrogen-bond acceptors (Lipinski definition) is 3. The zero-order valence-electron chi connectivity index (χ0n) is 16.9. The van der Waals surface area contributed by atoms with Crippen molar-refractivity contribution < 1.29 is 18.3 Å². The number of pyridine rings is 2. The molecule has 0 saturated carbocycles. The molecule has 0 spiro atoms. The van der Waals surface area contributed by atoms with Crippen molar-refractivity contribution in [1.82, 2.24) is 14.3 Å². The Kier molecular flexibility index (Phi) is 4.40. The molecule has 0 saturated heterocycles. The third-order valence-electron chi connectivity index (χ3n) is 5.80. The van der Waals surface area contributed by atoms with Crippen LogP contribution < -0.4 is 5.56 Å². The van der Waals surface area contributed by atoms with E-state index in [-0.39, 0.29) is 29.9 Å². The lowest BCUT2D eigenvalue weighted by Crippen LogP contribution is -2.37. The highest BCUT2D eigenvalue weighted by molar-refractivity contribution is 5.95. The summed E-state index contributed by atoms with van der Waals surface area (Å²) in [5.74, 6) is -2.40. The van der Waals surface area contributed by atoms with Gasteiger partial charge in [0.2, 0.25) is 0 Å². The fraction of sp³-hybridized carbons (Fsp3) is 0.217. The van der Waals surface area contributed by atoms with Crippen LogP contribution in [0.25, 0.3) is 16.3 Å². The van der Waals surface area contributed by atoms with E-state index in [2.05, 4.69) is 4.98 Å². The van der Waals surface area contributed by atoms with E-state index in [1.54, 1.807) is 19.3 Å². The van der Waals surface area contributed by atoms with Crippen LogP contribution in [0.4, 0.5) is 8.78 Å². The minimum atomic E-state index is -1.10. The van der Waals surface area contributed by atoms with Gasteiger partial charge in [0.15, 0.2) is 11.6 Å². The average Bonchev–Trinajstić information content (AvgIpc) is 3.12. The Labute approximate surface area is 175 Å². The molecule has 4 heterocycles. The van der Waals surface area contributed by atoms with Crippen molar-refractivity contribution >= 4 is 22.2 Å². The van der Waals surface area contributed by atoms with Crippen LogP contribution >= 0.6 is 0 Å². The number of H-pyrrole nitrogens is 1. The van der Waals surface area contributed by atoms with Crippen molar-refractivity contribution in [1.29, 1.82) is 0 Å². The molecule has 1 amide bonds. The maximum absolute atomic E-state index is 14.1. The lowest BCUT2D eigenvalue weighted by molar-refractivity contribution is 0.0335. The van der Waals surface area contributed by atoms with Gasteiger partial charge in [-0.3, -0.25) is 9.59 Å². The summed E-state index contributed by atoms with van der Waals surface area (Å²) >= 11 is 0. The molecule has 0 unspecified atom stereocenters. The highest BCUT2D eigenvalue weighted by Crippen LogP contribution is 2.34. The van der Waals surface area contributed by atoms with E-state index in [1.165, 1.54) is 4.90 Å². The minimum absolute atomic E-state index is 0.0367. The van der Waals surface area contributed by atoms with Gasteiger partial charge in [0.05, 0.1) is 30.2 Å². The van der Waals surface area contributed by atoms with Gasteiger partial charge in [-0.15, -0.1) is 0 Å². The number of benzene rings is 1. The second-order valence-electron chi connectivity index (χ2n) is 7.87.